The van der Waals surface area contributed by atoms with E-state index in [-0.39, 0.29) is 17.8 Å². The highest BCUT2D eigenvalue weighted by molar-refractivity contribution is 7.91. The van der Waals surface area contributed by atoms with Crippen molar-refractivity contribution in [1.29, 1.82) is 0 Å². The highest BCUT2D eigenvalue weighted by Crippen LogP contribution is 2.15. The van der Waals surface area contributed by atoms with E-state index in [4.69, 9.17) is 0 Å². The standard InChI is InChI=1S/C16H17N3O4S/c1-24(22,23)11-15(20)19-14-8-3-2-7-13(14)16(21)18-10-12-6-4-5-9-17-12/h2-9H,10-11H2,1H3,(H,18,21)(H,19,20). The summed E-state index contributed by atoms with van der Waals surface area (Å²) in [5.41, 5.74) is 1.20. The number of aromatic nitrogens is 1. The van der Waals surface area contributed by atoms with Gasteiger partial charge in [-0.25, -0.2) is 8.42 Å². The SMILES string of the molecule is CS(=O)(=O)CC(=O)Nc1ccccc1C(=O)NCc1ccccn1. The van der Waals surface area contributed by atoms with Crippen LogP contribution in [0.1, 0.15) is 16.1 Å². The van der Waals surface area contributed by atoms with Crippen LogP contribution in [0.5, 0.6) is 0 Å². The number of amides is 2. The van der Waals surface area contributed by atoms with Crippen LogP contribution in [0.2, 0.25) is 0 Å². The van der Waals surface area contributed by atoms with Crippen LogP contribution in [-0.4, -0.2) is 37.2 Å². The lowest BCUT2D eigenvalue weighted by Crippen LogP contribution is -2.27. The Morgan fingerprint density at radius 1 is 1.08 bits per heavy atom. The number of hydrogen-bond acceptors (Lipinski definition) is 5. The molecule has 0 spiro atoms. The number of nitrogens with one attached hydrogen (secondary N) is 2. The topological polar surface area (TPSA) is 105 Å². The van der Waals surface area contributed by atoms with Crippen molar-refractivity contribution in [3.63, 3.8) is 0 Å². The molecule has 1 aromatic heterocycles. The molecule has 2 N–H and O–H groups in total. The fourth-order valence-electron chi connectivity index (χ4n) is 1.98. The Balaban J connectivity index is 2.07. The molecule has 7 nitrogen and oxygen atoms in total. The van der Waals surface area contributed by atoms with Crippen molar-refractivity contribution < 1.29 is 18.0 Å². The van der Waals surface area contributed by atoms with Gasteiger partial charge < -0.3 is 10.6 Å². The van der Waals surface area contributed by atoms with E-state index in [9.17, 15) is 18.0 Å². The molecule has 0 bridgehead atoms. The van der Waals surface area contributed by atoms with Gasteiger partial charge in [0.1, 0.15) is 5.75 Å². The molecule has 0 saturated carbocycles. The third-order valence-electron chi connectivity index (χ3n) is 3.00. The number of pyridine rings is 1. The van der Waals surface area contributed by atoms with Crippen LogP contribution in [0.4, 0.5) is 5.69 Å². The van der Waals surface area contributed by atoms with E-state index < -0.39 is 27.4 Å². The minimum atomic E-state index is -3.44. The number of benzene rings is 1. The summed E-state index contributed by atoms with van der Waals surface area (Å²) in [5, 5.41) is 5.16. The number of carbonyl (C=O) groups is 2. The number of nitrogens with zero attached hydrogens (tertiary/aromatic N) is 1. The molecule has 0 radical (unpaired) electrons. The van der Waals surface area contributed by atoms with Gasteiger partial charge in [-0.05, 0) is 24.3 Å². The molecule has 126 valence electrons. The van der Waals surface area contributed by atoms with Crippen LogP contribution in [0.3, 0.4) is 0 Å². The quantitative estimate of drug-likeness (QED) is 0.811. The van der Waals surface area contributed by atoms with Gasteiger partial charge in [-0.3, -0.25) is 14.6 Å². The number of sulfone groups is 1. The monoisotopic (exact) mass is 347 g/mol. The molecule has 2 aromatic rings. The summed E-state index contributed by atoms with van der Waals surface area (Å²) in [7, 11) is -3.44. The first kappa shape index (κ1) is 17.6. The fraction of sp³-hybridized carbons (Fsp3) is 0.188. The smallest absolute Gasteiger partial charge is 0.253 e. The third kappa shape index (κ3) is 5.47. The van der Waals surface area contributed by atoms with Gasteiger partial charge in [-0.1, -0.05) is 18.2 Å². The molecule has 0 saturated heterocycles. The molecule has 0 atom stereocenters. The van der Waals surface area contributed by atoms with Crippen LogP contribution in [0.15, 0.2) is 48.7 Å². The molecule has 0 aliphatic carbocycles. The number of para-hydroxylation sites is 1. The van der Waals surface area contributed by atoms with Crippen LogP contribution in [0, 0.1) is 0 Å². The fourth-order valence-corrected chi connectivity index (χ4v) is 2.53. The average molecular weight is 347 g/mol. The van der Waals surface area contributed by atoms with E-state index in [1.54, 1.807) is 36.5 Å². The summed E-state index contributed by atoms with van der Waals surface area (Å²) in [6, 6.07) is 11.7. The lowest BCUT2D eigenvalue weighted by Gasteiger charge is -2.11. The van der Waals surface area contributed by atoms with E-state index in [1.807, 2.05) is 6.07 Å². The highest BCUT2D eigenvalue weighted by Gasteiger charge is 2.15. The van der Waals surface area contributed by atoms with Gasteiger partial charge in [-0.15, -0.1) is 0 Å². The Hall–Kier alpha value is -2.74. The van der Waals surface area contributed by atoms with Crippen LogP contribution in [0.25, 0.3) is 0 Å². The first-order valence-electron chi connectivity index (χ1n) is 7.10. The van der Waals surface area contributed by atoms with Crippen molar-refractivity contribution in [1.82, 2.24) is 10.3 Å². The Bertz CT molecular complexity index is 835. The summed E-state index contributed by atoms with van der Waals surface area (Å²) >= 11 is 0. The second-order valence-corrected chi connectivity index (χ2v) is 7.31. The number of anilines is 1. The van der Waals surface area contributed by atoms with Gasteiger partial charge in [0.2, 0.25) is 5.91 Å². The van der Waals surface area contributed by atoms with Gasteiger partial charge in [0.25, 0.3) is 5.91 Å². The maximum atomic E-state index is 12.3. The lowest BCUT2D eigenvalue weighted by molar-refractivity contribution is -0.113. The van der Waals surface area contributed by atoms with Crippen molar-refractivity contribution >= 4 is 27.3 Å². The maximum Gasteiger partial charge on any atom is 0.253 e. The second-order valence-electron chi connectivity index (χ2n) is 5.17. The molecular formula is C16H17N3O4S. The van der Waals surface area contributed by atoms with E-state index in [2.05, 4.69) is 15.6 Å². The Morgan fingerprint density at radius 3 is 2.46 bits per heavy atom. The first-order chi connectivity index (χ1) is 11.3. The molecule has 1 heterocycles. The number of carbonyl (C=O) groups excluding carboxylic acids is 2. The normalized spacial score (nSPS) is 10.9. The zero-order chi connectivity index (χ0) is 17.6. The predicted octanol–water partition coefficient (Wildman–Crippen LogP) is 0.995. The first-order valence-corrected chi connectivity index (χ1v) is 9.16. The molecule has 24 heavy (non-hydrogen) atoms. The molecule has 2 amide bonds. The number of hydrogen-bond donors (Lipinski definition) is 2. The molecule has 0 fully saturated rings. The Morgan fingerprint density at radius 2 is 1.79 bits per heavy atom. The number of rotatable bonds is 6. The van der Waals surface area contributed by atoms with Crippen molar-refractivity contribution in [2.24, 2.45) is 0 Å². The van der Waals surface area contributed by atoms with Gasteiger partial charge in [0.15, 0.2) is 9.84 Å². The van der Waals surface area contributed by atoms with Crippen LogP contribution in [-0.2, 0) is 21.2 Å². The summed E-state index contributed by atoms with van der Waals surface area (Å²) in [4.78, 5) is 28.2. The maximum absolute atomic E-state index is 12.3. The van der Waals surface area contributed by atoms with Crippen molar-refractivity contribution in [2.45, 2.75) is 6.54 Å². The summed E-state index contributed by atoms with van der Waals surface area (Å²) in [6.45, 7) is 0.241. The molecular weight excluding hydrogens is 330 g/mol. The van der Waals surface area contributed by atoms with E-state index in [1.165, 1.54) is 6.07 Å². The Labute approximate surface area is 140 Å². The van der Waals surface area contributed by atoms with E-state index in [0.717, 1.165) is 6.26 Å². The van der Waals surface area contributed by atoms with Crippen molar-refractivity contribution in [3.05, 3.63) is 59.9 Å². The second kappa shape index (κ2) is 7.69. The molecule has 0 aliphatic rings. The lowest BCUT2D eigenvalue weighted by atomic mass is 10.1. The average Bonchev–Trinajstić information content (AvgIpc) is 2.52. The molecule has 1 aromatic carbocycles. The van der Waals surface area contributed by atoms with Gasteiger partial charge in [0.05, 0.1) is 23.5 Å². The zero-order valence-electron chi connectivity index (χ0n) is 13.0. The van der Waals surface area contributed by atoms with Gasteiger partial charge in [0, 0.05) is 12.5 Å². The van der Waals surface area contributed by atoms with Crippen LogP contribution < -0.4 is 10.6 Å². The zero-order valence-corrected chi connectivity index (χ0v) is 13.8. The third-order valence-corrected chi connectivity index (χ3v) is 3.78. The van der Waals surface area contributed by atoms with E-state index >= 15 is 0 Å². The van der Waals surface area contributed by atoms with Crippen LogP contribution >= 0.6 is 0 Å². The molecule has 0 aliphatic heterocycles. The largest absolute Gasteiger partial charge is 0.346 e. The minimum absolute atomic E-state index is 0.241. The Kier molecular flexibility index (Phi) is 5.64. The minimum Gasteiger partial charge on any atom is -0.346 e. The molecule has 8 heteroatoms. The van der Waals surface area contributed by atoms with Crippen molar-refractivity contribution in [2.75, 3.05) is 17.3 Å². The highest BCUT2D eigenvalue weighted by atomic mass is 32.2. The van der Waals surface area contributed by atoms with E-state index in [0.29, 0.717) is 5.69 Å². The summed E-state index contributed by atoms with van der Waals surface area (Å²) < 4.78 is 22.3. The van der Waals surface area contributed by atoms with Gasteiger partial charge in [-0.2, -0.15) is 0 Å². The predicted molar refractivity (Wildman–Crippen MR) is 90.2 cm³/mol. The summed E-state index contributed by atoms with van der Waals surface area (Å²) in [5.74, 6) is -1.73. The van der Waals surface area contributed by atoms with Crippen molar-refractivity contribution in [3.8, 4) is 0 Å². The molecule has 2 rings (SSSR count). The summed E-state index contributed by atoms with van der Waals surface area (Å²) in [6.07, 6.45) is 2.60. The molecule has 0 unspecified atom stereocenters. The van der Waals surface area contributed by atoms with Gasteiger partial charge >= 0.3 is 0 Å².